The first-order valence-corrected chi connectivity index (χ1v) is 2.83. The Morgan fingerprint density at radius 2 is 2.33 bits per heavy atom. The number of carbonyl (C=O) groups excluding carboxylic acids is 1. The van der Waals surface area contributed by atoms with E-state index in [1.54, 1.807) is 13.8 Å². The molecule has 0 saturated heterocycles. The second-order valence-corrected chi connectivity index (χ2v) is 1.61. The fourth-order valence-corrected chi connectivity index (χ4v) is 0.316. The van der Waals surface area contributed by atoms with Gasteiger partial charge in [0.05, 0.1) is 6.61 Å². The van der Waals surface area contributed by atoms with Crippen molar-refractivity contribution in [1.82, 2.24) is 0 Å². The van der Waals surface area contributed by atoms with Crippen LogP contribution in [0.25, 0.3) is 0 Å². The summed E-state index contributed by atoms with van der Waals surface area (Å²) in [6, 6.07) is 0. The van der Waals surface area contributed by atoms with E-state index in [1.165, 1.54) is 0 Å². The van der Waals surface area contributed by atoms with Gasteiger partial charge in [0.2, 0.25) is 0 Å². The number of carbonyl (C=O) groups is 1. The number of hydrogen-bond donors (Lipinski definition) is 0. The summed E-state index contributed by atoms with van der Waals surface area (Å²) in [5.41, 5.74) is 0. The SMILES string of the molecule is [CH2]C(C)OC(=O)OCC. The zero-order chi connectivity index (χ0) is 7.28. The van der Waals surface area contributed by atoms with Crippen molar-refractivity contribution in [1.29, 1.82) is 0 Å². The van der Waals surface area contributed by atoms with Crippen molar-refractivity contribution in [2.45, 2.75) is 20.0 Å². The Morgan fingerprint density at radius 1 is 1.78 bits per heavy atom. The monoisotopic (exact) mass is 131 g/mol. The molecule has 1 radical (unpaired) electrons. The van der Waals surface area contributed by atoms with Crippen LogP contribution >= 0.6 is 0 Å². The molecule has 0 aliphatic rings. The first kappa shape index (κ1) is 8.27. The molecule has 0 aromatic rings. The van der Waals surface area contributed by atoms with Crippen molar-refractivity contribution in [3.05, 3.63) is 6.92 Å². The molecule has 0 aliphatic heterocycles. The molecule has 0 N–H and O–H groups in total. The Balaban J connectivity index is 3.27. The molecule has 0 aliphatic carbocycles. The Bertz CT molecular complexity index is 88.3. The van der Waals surface area contributed by atoms with E-state index in [-0.39, 0.29) is 6.10 Å². The van der Waals surface area contributed by atoms with Gasteiger partial charge in [-0.3, -0.25) is 0 Å². The molecular formula is C6H11O3. The summed E-state index contributed by atoms with van der Waals surface area (Å²) in [6.45, 7) is 7.16. The fourth-order valence-electron chi connectivity index (χ4n) is 0.316. The summed E-state index contributed by atoms with van der Waals surface area (Å²) >= 11 is 0. The van der Waals surface area contributed by atoms with Crippen molar-refractivity contribution in [2.75, 3.05) is 6.61 Å². The van der Waals surface area contributed by atoms with Gasteiger partial charge in [0.1, 0.15) is 6.10 Å². The molecule has 3 heteroatoms. The first-order valence-electron chi connectivity index (χ1n) is 2.83. The van der Waals surface area contributed by atoms with E-state index in [4.69, 9.17) is 0 Å². The van der Waals surface area contributed by atoms with Gasteiger partial charge in [0, 0.05) is 0 Å². The van der Waals surface area contributed by atoms with Crippen LogP contribution in [0.5, 0.6) is 0 Å². The molecule has 1 unspecified atom stereocenters. The van der Waals surface area contributed by atoms with E-state index in [1.807, 2.05) is 0 Å². The number of rotatable bonds is 2. The normalized spacial score (nSPS) is 9.33. The molecule has 0 amide bonds. The standard InChI is InChI=1S/C6H11O3/c1-4-8-6(7)9-5(2)3/h5H,2,4H2,1,3H3. The Kier molecular flexibility index (Phi) is 3.84. The van der Waals surface area contributed by atoms with Gasteiger partial charge in [-0.15, -0.1) is 0 Å². The largest absolute Gasteiger partial charge is 0.508 e. The third-order valence-electron chi connectivity index (χ3n) is 0.560. The van der Waals surface area contributed by atoms with Crippen LogP contribution in [0.2, 0.25) is 0 Å². The van der Waals surface area contributed by atoms with Gasteiger partial charge in [-0.1, -0.05) is 0 Å². The maximum atomic E-state index is 10.4. The van der Waals surface area contributed by atoms with Crippen LogP contribution in [-0.4, -0.2) is 18.9 Å². The van der Waals surface area contributed by atoms with Gasteiger partial charge in [-0.2, -0.15) is 0 Å². The highest BCUT2D eigenvalue weighted by atomic mass is 16.7. The molecule has 9 heavy (non-hydrogen) atoms. The highest BCUT2D eigenvalue weighted by molar-refractivity contribution is 5.60. The van der Waals surface area contributed by atoms with Crippen molar-refractivity contribution in [3.63, 3.8) is 0 Å². The van der Waals surface area contributed by atoms with E-state index < -0.39 is 6.16 Å². The average molecular weight is 131 g/mol. The minimum Gasteiger partial charge on any atom is -0.435 e. The third kappa shape index (κ3) is 5.14. The minimum atomic E-state index is -0.653. The quantitative estimate of drug-likeness (QED) is 0.531. The summed E-state index contributed by atoms with van der Waals surface area (Å²) in [7, 11) is 0. The van der Waals surface area contributed by atoms with Gasteiger partial charge >= 0.3 is 6.16 Å². The molecule has 53 valence electrons. The molecule has 0 aromatic heterocycles. The van der Waals surface area contributed by atoms with E-state index in [0.717, 1.165) is 0 Å². The molecular weight excluding hydrogens is 120 g/mol. The highest BCUT2D eigenvalue weighted by Crippen LogP contribution is 1.90. The van der Waals surface area contributed by atoms with E-state index in [2.05, 4.69) is 16.4 Å². The lowest BCUT2D eigenvalue weighted by atomic mass is 10.5. The molecule has 0 bridgehead atoms. The predicted molar refractivity (Wildman–Crippen MR) is 32.9 cm³/mol. The lowest BCUT2D eigenvalue weighted by molar-refractivity contribution is 0.0447. The smallest absolute Gasteiger partial charge is 0.435 e. The van der Waals surface area contributed by atoms with E-state index in [0.29, 0.717) is 6.61 Å². The van der Waals surface area contributed by atoms with Crippen LogP contribution in [0, 0.1) is 6.92 Å². The van der Waals surface area contributed by atoms with Crippen LogP contribution in [0.15, 0.2) is 0 Å². The number of ether oxygens (including phenoxy) is 2. The summed E-state index contributed by atoms with van der Waals surface area (Å²) in [5.74, 6) is 0. The van der Waals surface area contributed by atoms with Crippen molar-refractivity contribution in [3.8, 4) is 0 Å². The molecule has 0 heterocycles. The zero-order valence-corrected chi connectivity index (χ0v) is 5.72. The second-order valence-electron chi connectivity index (χ2n) is 1.61. The summed E-state index contributed by atoms with van der Waals surface area (Å²) < 4.78 is 8.97. The maximum Gasteiger partial charge on any atom is 0.508 e. The summed E-state index contributed by atoms with van der Waals surface area (Å²) in [4.78, 5) is 10.4. The molecule has 0 rings (SSSR count). The van der Waals surface area contributed by atoms with Crippen molar-refractivity contribution < 1.29 is 14.3 Å². The van der Waals surface area contributed by atoms with Crippen LogP contribution in [0.3, 0.4) is 0 Å². The van der Waals surface area contributed by atoms with Crippen molar-refractivity contribution >= 4 is 6.16 Å². The Morgan fingerprint density at radius 3 is 2.67 bits per heavy atom. The summed E-state index contributed by atoms with van der Waals surface area (Å²) in [6.07, 6.45) is -0.996. The molecule has 0 saturated carbocycles. The second kappa shape index (κ2) is 4.18. The average Bonchev–Trinajstić information content (AvgIpc) is 1.63. The van der Waals surface area contributed by atoms with Gasteiger partial charge in [-0.25, -0.2) is 4.79 Å². The van der Waals surface area contributed by atoms with Gasteiger partial charge in [0.15, 0.2) is 0 Å². The maximum absolute atomic E-state index is 10.4. The van der Waals surface area contributed by atoms with Crippen LogP contribution in [-0.2, 0) is 9.47 Å². The molecule has 0 spiro atoms. The van der Waals surface area contributed by atoms with Gasteiger partial charge in [-0.05, 0) is 20.8 Å². The van der Waals surface area contributed by atoms with Crippen molar-refractivity contribution in [2.24, 2.45) is 0 Å². The van der Waals surface area contributed by atoms with Crippen LogP contribution in [0.4, 0.5) is 4.79 Å². The fraction of sp³-hybridized carbons (Fsp3) is 0.667. The van der Waals surface area contributed by atoms with Gasteiger partial charge < -0.3 is 9.47 Å². The predicted octanol–water partition coefficient (Wildman–Crippen LogP) is 1.38. The number of hydrogen-bond acceptors (Lipinski definition) is 3. The topological polar surface area (TPSA) is 35.5 Å². The first-order chi connectivity index (χ1) is 4.16. The Hall–Kier alpha value is -0.730. The minimum absolute atomic E-state index is 0.339. The molecule has 3 nitrogen and oxygen atoms in total. The molecule has 1 atom stereocenters. The van der Waals surface area contributed by atoms with E-state index in [9.17, 15) is 4.79 Å². The molecule has 0 aromatic carbocycles. The van der Waals surface area contributed by atoms with Gasteiger partial charge in [0.25, 0.3) is 0 Å². The summed E-state index contributed by atoms with van der Waals surface area (Å²) in [5, 5.41) is 0. The Labute approximate surface area is 55.0 Å². The lowest BCUT2D eigenvalue weighted by Crippen LogP contribution is -2.12. The van der Waals surface area contributed by atoms with E-state index >= 15 is 0 Å². The van der Waals surface area contributed by atoms with Crippen LogP contribution in [0.1, 0.15) is 13.8 Å². The third-order valence-corrected chi connectivity index (χ3v) is 0.560. The van der Waals surface area contributed by atoms with Crippen LogP contribution < -0.4 is 0 Å². The zero-order valence-electron chi connectivity index (χ0n) is 5.72. The highest BCUT2D eigenvalue weighted by Gasteiger charge is 2.03. The lowest BCUT2D eigenvalue weighted by Gasteiger charge is -2.05. The molecule has 0 fully saturated rings.